The summed E-state index contributed by atoms with van der Waals surface area (Å²) in [5, 5.41) is 8.34. The lowest BCUT2D eigenvalue weighted by Gasteiger charge is -2.04. The molecule has 1 aromatic rings. The summed E-state index contributed by atoms with van der Waals surface area (Å²) in [5.41, 5.74) is -1.94. The predicted octanol–water partition coefficient (Wildman–Crippen LogP) is 2.17. The van der Waals surface area contributed by atoms with Gasteiger partial charge in [0.05, 0.1) is 7.11 Å². The predicted molar refractivity (Wildman–Crippen MR) is 51.4 cm³/mol. The summed E-state index contributed by atoms with van der Waals surface area (Å²) in [5.74, 6) is -0.898. The highest BCUT2D eigenvalue weighted by atomic mass is 32.2. The lowest BCUT2D eigenvalue weighted by Crippen LogP contribution is -2.09. The van der Waals surface area contributed by atoms with Gasteiger partial charge in [0.15, 0.2) is 0 Å². The number of hydrogen-bond acceptors (Lipinski definition) is 3. The molecular formula is C9H9FO3S. The van der Waals surface area contributed by atoms with E-state index in [-0.39, 0.29) is 0 Å². The fourth-order valence-corrected chi connectivity index (χ4v) is 1.53. The average Bonchev–Trinajstić information content (AvgIpc) is 2.18. The van der Waals surface area contributed by atoms with Gasteiger partial charge in [-0.1, -0.05) is 17.8 Å². The molecule has 0 spiro atoms. The van der Waals surface area contributed by atoms with Gasteiger partial charge in [-0.05, 0) is 18.2 Å². The normalized spacial score (nSPS) is 12.1. The molecule has 0 bridgehead atoms. The van der Waals surface area contributed by atoms with E-state index in [0.29, 0.717) is 22.4 Å². The number of carbonyl (C=O) groups is 1. The topological polar surface area (TPSA) is 46.5 Å². The van der Waals surface area contributed by atoms with E-state index >= 15 is 0 Å². The van der Waals surface area contributed by atoms with E-state index in [4.69, 9.17) is 9.84 Å². The Bertz CT molecular complexity index is 330. The lowest BCUT2D eigenvalue weighted by molar-refractivity contribution is -0.139. The first-order valence-electron chi connectivity index (χ1n) is 3.81. The van der Waals surface area contributed by atoms with Gasteiger partial charge in [-0.15, -0.1) is 0 Å². The molecule has 76 valence electrons. The molecule has 1 rings (SSSR count). The highest BCUT2D eigenvalue weighted by Gasteiger charge is 2.16. The number of aliphatic carboxylic acids is 1. The summed E-state index contributed by atoms with van der Waals surface area (Å²) in [6.45, 7) is 0. The number of methoxy groups -OCH3 is 1. The van der Waals surface area contributed by atoms with Crippen molar-refractivity contribution >= 4 is 17.7 Å². The Balaban J connectivity index is 2.71. The van der Waals surface area contributed by atoms with Crippen molar-refractivity contribution in [2.24, 2.45) is 0 Å². The third-order valence-electron chi connectivity index (χ3n) is 1.47. The second kappa shape index (κ2) is 4.85. The zero-order valence-electron chi connectivity index (χ0n) is 7.44. The van der Waals surface area contributed by atoms with E-state index < -0.39 is 11.5 Å². The van der Waals surface area contributed by atoms with Crippen molar-refractivity contribution in [3.05, 3.63) is 24.3 Å². The number of ether oxygens (including phenoxy) is 1. The van der Waals surface area contributed by atoms with Crippen LogP contribution in [0.4, 0.5) is 4.39 Å². The Morgan fingerprint density at radius 3 is 2.93 bits per heavy atom. The quantitative estimate of drug-likeness (QED) is 0.783. The molecule has 0 saturated heterocycles. The van der Waals surface area contributed by atoms with Gasteiger partial charge in [0, 0.05) is 4.90 Å². The zero-order valence-corrected chi connectivity index (χ0v) is 8.25. The molecule has 0 aliphatic rings. The maximum Gasteiger partial charge on any atom is 0.349 e. The van der Waals surface area contributed by atoms with E-state index in [9.17, 15) is 9.18 Å². The van der Waals surface area contributed by atoms with Crippen LogP contribution in [0, 0.1) is 0 Å². The van der Waals surface area contributed by atoms with E-state index in [1.807, 2.05) is 0 Å². The minimum atomic E-state index is -1.94. The van der Waals surface area contributed by atoms with Gasteiger partial charge in [-0.2, -0.15) is 0 Å². The van der Waals surface area contributed by atoms with Crippen molar-refractivity contribution in [1.29, 1.82) is 0 Å². The SMILES string of the molecule is COc1cccc(SC(F)C(=O)O)c1. The van der Waals surface area contributed by atoms with Crippen molar-refractivity contribution in [2.75, 3.05) is 7.11 Å². The Kier molecular flexibility index (Phi) is 3.76. The monoisotopic (exact) mass is 216 g/mol. The van der Waals surface area contributed by atoms with E-state index in [1.165, 1.54) is 7.11 Å². The molecule has 0 radical (unpaired) electrons. The number of halogens is 1. The van der Waals surface area contributed by atoms with Gasteiger partial charge >= 0.3 is 5.97 Å². The molecule has 1 aromatic carbocycles. The molecular weight excluding hydrogens is 207 g/mol. The first-order valence-corrected chi connectivity index (χ1v) is 4.69. The standard InChI is InChI=1S/C9H9FO3S/c1-13-6-3-2-4-7(5-6)14-8(10)9(11)12/h2-5,8H,1H3,(H,11,12). The Morgan fingerprint density at radius 1 is 1.64 bits per heavy atom. The summed E-state index contributed by atoms with van der Waals surface area (Å²) in [6.07, 6.45) is 0. The van der Waals surface area contributed by atoms with Crippen LogP contribution < -0.4 is 4.74 Å². The number of rotatable bonds is 4. The van der Waals surface area contributed by atoms with Crippen LogP contribution in [-0.2, 0) is 4.79 Å². The molecule has 14 heavy (non-hydrogen) atoms. The van der Waals surface area contributed by atoms with Gasteiger partial charge in [0.2, 0.25) is 5.50 Å². The summed E-state index contributed by atoms with van der Waals surface area (Å²) in [4.78, 5) is 10.8. The van der Waals surface area contributed by atoms with Crippen LogP contribution in [-0.4, -0.2) is 23.7 Å². The van der Waals surface area contributed by atoms with Crippen molar-refractivity contribution in [1.82, 2.24) is 0 Å². The molecule has 0 amide bonds. The average molecular weight is 216 g/mol. The van der Waals surface area contributed by atoms with Crippen molar-refractivity contribution in [3.63, 3.8) is 0 Å². The van der Waals surface area contributed by atoms with Gasteiger partial charge < -0.3 is 9.84 Å². The maximum atomic E-state index is 12.8. The smallest absolute Gasteiger partial charge is 0.349 e. The van der Waals surface area contributed by atoms with Gasteiger partial charge in [-0.25, -0.2) is 9.18 Å². The van der Waals surface area contributed by atoms with Crippen LogP contribution in [0.2, 0.25) is 0 Å². The Hall–Kier alpha value is -1.23. The van der Waals surface area contributed by atoms with Crippen molar-refractivity contribution in [2.45, 2.75) is 10.4 Å². The molecule has 3 nitrogen and oxygen atoms in total. The van der Waals surface area contributed by atoms with Gasteiger partial charge in [0.1, 0.15) is 5.75 Å². The molecule has 0 aliphatic heterocycles. The molecule has 1 unspecified atom stereocenters. The Morgan fingerprint density at radius 2 is 2.36 bits per heavy atom. The number of benzene rings is 1. The maximum absolute atomic E-state index is 12.8. The third-order valence-corrected chi connectivity index (χ3v) is 2.41. The second-order valence-corrected chi connectivity index (χ2v) is 3.57. The highest BCUT2D eigenvalue weighted by Crippen LogP contribution is 2.27. The summed E-state index contributed by atoms with van der Waals surface area (Å²) in [6, 6.07) is 6.59. The first kappa shape index (κ1) is 10.8. The molecule has 0 heterocycles. The molecule has 5 heteroatoms. The van der Waals surface area contributed by atoms with Crippen LogP contribution in [0.1, 0.15) is 0 Å². The van der Waals surface area contributed by atoms with Crippen LogP contribution in [0.25, 0.3) is 0 Å². The molecule has 0 saturated carbocycles. The third kappa shape index (κ3) is 2.92. The molecule has 0 aromatic heterocycles. The van der Waals surface area contributed by atoms with Crippen LogP contribution in [0.3, 0.4) is 0 Å². The first-order chi connectivity index (χ1) is 6.63. The zero-order chi connectivity index (χ0) is 10.6. The number of carboxylic acid groups (broad SMARTS) is 1. The van der Waals surface area contributed by atoms with Crippen LogP contribution in [0.5, 0.6) is 5.75 Å². The van der Waals surface area contributed by atoms with Gasteiger partial charge in [0.25, 0.3) is 0 Å². The molecule has 1 atom stereocenters. The molecule has 0 aliphatic carbocycles. The highest BCUT2D eigenvalue weighted by molar-refractivity contribution is 8.00. The number of hydrogen-bond donors (Lipinski definition) is 1. The number of thioether (sulfide) groups is 1. The molecule has 0 fully saturated rings. The largest absolute Gasteiger partial charge is 0.497 e. The van der Waals surface area contributed by atoms with Gasteiger partial charge in [-0.3, -0.25) is 0 Å². The van der Waals surface area contributed by atoms with Crippen molar-refractivity contribution in [3.8, 4) is 5.75 Å². The Labute approximate surface area is 84.9 Å². The number of carboxylic acids is 1. The summed E-state index contributed by atoms with van der Waals surface area (Å²) >= 11 is 0.635. The summed E-state index contributed by atoms with van der Waals surface area (Å²) < 4.78 is 17.7. The summed E-state index contributed by atoms with van der Waals surface area (Å²) in [7, 11) is 1.49. The minimum absolute atomic E-state index is 0.527. The fraction of sp³-hybridized carbons (Fsp3) is 0.222. The molecule has 1 N–H and O–H groups in total. The van der Waals surface area contributed by atoms with E-state index in [2.05, 4.69) is 0 Å². The van der Waals surface area contributed by atoms with Crippen molar-refractivity contribution < 1.29 is 19.0 Å². The second-order valence-electron chi connectivity index (χ2n) is 2.45. The fourth-order valence-electron chi connectivity index (χ4n) is 0.844. The minimum Gasteiger partial charge on any atom is -0.497 e. The van der Waals surface area contributed by atoms with Crippen LogP contribution in [0.15, 0.2) is 29.2 Å². The lowest BCUT2D eigenvalue weighted by atomic mass is 10.3. The number of alkyl halides is 1. The van der Waals surface area contributed by atoms with Crippen LogP contribution >= 0.6 is 11.8 Å². The van der Waals surface area contributed by atoms with E-state index in [1.54, 1.807) is 24.3 Å². The van der Waals surface area contributed by atoms with E-state index in [0.717, 1.165) is 0 Å².